The van der Waals surface area contributed by atoms with Crippen LogP contribution >= 0.6 is 11.6 Å². The molecule has 1 aromatic carbocycles. The topological polar surface area (TPSA) is 24.9 Å². The maximum atomic E-state index is 6.37. The number of nitrogens with zero attached hydrogens (tertiary/aromatic N) is 1. The fourth-order valence-electron chi connectivity index (χ4n) is 2.44. The summed E-state index contributed by atoms with van der Waals surface area (Å²) < 4.78 is 0. The van der Waals surface area contributed by atoms with Crippen LogP contribution in [-0.2, 0) is 0 Å². The second kappa shape index (κ2) is 6.87. The van der Waals surface area contributed by atoms with Crippen LogP contribution in [0.25, 0.3) is 0 Å². The summed E-state index contributed by atoms with van der Waals surface area (Å²) in [5, 5.41) is 4.38. The predicted molar refractivity (Wildman–Crippen MR) is 85.3 cm³/mol. The second-order valence-electron chi connectivity index (χ2n) is 5.09. The van der Waals surface area contributed by atoms with Crippen LogP contribution in [0.15, 0.2) is 36.4 Å². The van der Waals surface area contributed by atoms with Crippen LogP contribution in [-0.4, -0.2) is 11.5 Å². The maximum absolute atomic E-state index is 6.37. The van der Waals surface area contributed by atoms with Gasteiger partial charge in [0, 0.05) is 16.4 Å². The normalized spacial score (nSPS) is 12.4. The van der Waals surface area contributed by atoms with Crippen LogP contribution in [0.1, 0.15) is 41.9 Å². The largest absolute Gasteiger partial charge is 0.306 e. The van der Waals surface area contributed by atoms with Crippen molar-refractivity contribution in [2.45, 2.75) is 33.2 Å². The molecule has 1 unspecified atom stereocenters. The molecule has 1 atom stereocenters. The van der Waals surface area contributed by atoms with E-state index in [2.05, 4.69) is 35.4 Å². The average molecular weight is 289 g/mol. The van der Waals surface area contributed by atoms with Gasteiger partial charge in [-0.3, -0.25) is 4.98 Å². The SMILES string of the molecule is CCCNC(c1cc(C)nc(C)c1)c1ccccc1Cl. The number of benzene rings is 1. The Bertz CT molecular complexity index is 561. The highest BCUT2D eigenvalue weighted by molar-refractivity contribution is 6.31. The zero-order valence-corrected chi connectivity index (χ0v) is 13.0. The lowest BCUT2D eigenvalue weighted by Gasteiger charge is -2.21. The standard InChI is InChI=1S/C17H21ClN2/c1-4-9-19-17(15-7-5-6-8-16(15)18)14-10-12(2)20-13(3)11-14/h5-8,10-11,17,19H,4,9H2,1-3H3. The van der Waals surface area contributed by atoms with Gasteiger partial charge < -0.3 is 5.32 Å². The van der Waals surface area contributed by atoms with E-state index < -0.39 is 0 Å². The second-order valence-corrected chi connectivity index (χ2v) is 5.50. The van der Waals surface area contributed by atoms with E-state index in [4.69, 9.17) is 11.6 Å². The molecule has 0 aliphatic rings. The molecule has 2 aromatic rings. The highest BCUT2D eigenvalue weighted by atomic mass is 35.5. The van der Waals surface area contributed by atoms with Crippen molar-refractivity contribution in [2.24, 2.45) is 0 Å². The average Bonchev–Trinajstić information content (AvgIpc) is 2.40. The minimum Gasteiger partial charge on any atom is -0.306 e. The van der Waals surface area contributed by atoms with Crippen LogP contribution in [0.4, 0.5) is 0 Å². The molecule has 0 aliphatic carbocycles. The van der Waals surface area contributed by atoms with Crippen LogP contribution in [0.5, 0.6) is 0 Å². The molecule has 0 aliphatic heterocycles. The Morgan fingerprint density at radius 1 is 1.15 bits per heavy atom. The summed E-state index contributed by atoms with van der Waals surface area (Å²) in [5.41, 5.74) is 4.41. The van der Waals surface area contributed by atoms with E-state index in [0.717, 1.165) is 34.9 Å². The molecule has 2 rings (SSSR count). The first kappa shape index (κ1) is 15.0. The van der Waals surface area contributed by atoms with Crippen molar-refractivity contribution in [3.8, 4) is 0 Å². The van der Waals surface area contributed by atoms with E-state index in [0.29, 0.717) is 0 Å². The van der Waals surface area contributed by atoms with Gasteiger partial charge in [0.2, 0.25) is 0 Å². The predicted octanol–water partition coefficient (Wildman–Crippen LogP) is 4.44. The molecule has 3 heteroatoms. The monoisotopic (exact) mass is 288 g/mol. The van der Waals surface area contributed by atoms with Crippen molar-refractivity contribution in [1.29, 1.82) is 0 Å². The van der Waals surface area contributed by atoms with Gasteiger partial charge in [-0.05, 0) is 56.1 Å². The zero-order valence-electron chi connectivity index (χ0n) is 12.3. The molecule has 0 saturated heterocycles. The molecule has 106 valence electrons. The number of hydrogen-bond acceptors (Lipinski definition) is 2. The van der Waals surface area contributed by atoms with Gasteiger partial charge in [0.25, 0.3) is 0 Å². The molecule has 0 fully saturated rings. The summed E-state index contributed by atoms with van der Waals surface area (Å²) in [6.45, 7) is 7.18. The fourth-order valence-corrected chi connectivity index (χ4v) is 2.68. The molecular formula is C17H21ClN2. The number of hydrogen-bond donors (Lipinski definition) is 1. The Morgan fingerprint density at radius 2 is 1.80 bits per heavy atom. The van der Waals surface area contributed by atoms with Crippen molar-refractivity contribution in [3.05, 3.63) is 63.9 Å². The fraction of sp³-hybridized carbons (Fsp3) is 0.353. The van der Waals surface area contributed by atoms with Crippen LogP contribution in [0.2, 0.25) is 5.02 Å². The molecule has 20 heavy (non-hydrogen) atoms. The molecule has 2 nitrogen and oxygen atoms in total. The molecule has 1 heterocycles. The van der Waals surface area contributed by atoms with Crippen molar-refractivity contribution >= 4 is 11.6 Å². The lowest BCUT2D eigenvalue weighted by atomic mass is 9.98. The smallest absolute Gasteiger partial charge is 0.0592 e. The summed E-state index contributed by atoms with van der Waals surface area (Å²) in [6.07, 6.45) is 1.09. The van der Waals surface area contributed by atoms with Crippen molar-refractivity contribution in [3.63, 3.8) is 0 Å². The van der Waals surface area contributed by atoms with E-state index in [9.17, 15) is 0 Å². The molecular weight excluding hydrogens is 268 g/mol. The number of nitrogens with one attached hydrogen (secondary N) is 1. The van der Waals surface area contributed by atoms with E-state index in [1.54, 1.807) is 0 Å². The number of aryl methyl sites for hydroxylation is 2. The Hall–Kier alpha value is -1.38. The van der Waals surface area contributed by atoms with Gasteiger partial charge in [0.05, 0.1) is 6.04 Å². The highest BCUT2D eigenvalue weighted by Crippen LogP contribution is 2.28. The van der Waals surface area contributed by atoms with E-state index in [-0.39, 0.29) is 6.04 Å². The number of pyridine rings is 1. The van der Waals surface area contributed by atoms with E-state index >= 15 is 0 Å². The van der Waals surface area contributed by atoms with E-state index in [1.807, 2.05) is 32.0 Å². The zero-order chi connectivity index (χ0) is 14.5. The van der Waals surface area contributed by atoms with Crippen molar-refractivity contribution in [1.82, 2.24) is 10.3 Å². The van der Waals surface area contributed by atoms with Gasteiger partial charge in [-0.15, -0.1) is 0 Å². The van der Waals surface area contributed by atoms with Gasteiger partial charge in [0.15, 0.2) is 0 Å². The summed E-state index contributed by atoms with van der Waals surface area (Å²) in [4.78, 5) is 4.45. The third-order valence-electron chi connectivity index (χ3n) is 3.25. The maximum Gasteiger partial charge on any atom is 0.0592 e. The van der Waals surface area contributed by atoms with Gasteiger partial charge >= 0.3 is 0 Å². The minimum absolute atomic E-state index is 0.115. The molecule has 0 saturated carbocycles. The minimum atomic E-state index is 0.115. The van der Waals surface area contributed by atoms with Crippen LogP contribution in [0.3, 0.4) is 0 Å². The Morgan fingerprint density at radius 3 is 2.40 bits per heavy atom. The van der Waals surface area contributed by atoms with Gasteiger partial charge in [-0.2, -0.15) is 0 Å². The van der Waals surface area contributed by atoms with Gasteiger partial charge in [-0.25, -0.2) is 0 Å². The number of halogens is 1. The quantitative estimate of drug-likeness (QED) is 0.880. The number of aromatic nitrogens is 1. The molecule has 0 radical (unpaired) electrons. The Labute approximate surface area is 126 Å². The highest BCUT2D eigenvalue weighted by Gasteiger charge is 2.16. The lowest BCUT2D eigenvalue weighted by Crippen LogP contribution is -2.23. The summed E-state index contributed by atoms with van der Waals surface area (Å²) in [5.74, 6) is 0. The first-order chi connectivity index (χ1) is 9.61. The molecule has 0 bridgehead atoms. The van der Waals surface area contributed by atoms with Crippen LogP contribution < -0.4 is 5.32 Å². The molecule has 1 aromatic heterocycles. The summed E-state index contributed by atoms with van der Waals surface area (Å²) >= 11 is 6.37. The Balaban J connectivity index is 2.44. The van der Waals surface area contributed by atoms with Crippen molar-refractivity contribution < 1.29 is 0 Å². The molecule has 0 spiro atoms. The van der Waals surface area contributed by atoms with Gasteiger partial charge in [0.1, 0.15) is 0 Å². The lowest BCUT2D eigenvalue weighted by molar-refractivity contribution is 0.597. The third-order valence-corrected chi connectivity index (χ3v) is 3.60. The molecule has 0 amide bonds. The van der Waals surface area contributed by atoms with Gasteiger partial charge in [-0.1, -0.05) is 36.7 Å². The number of rotatable bonds is 5. The summed E-state index contributed by atoms with van der Waals surface area (Å²) in [7, 11) is 0. The first-order valence-corrected chi connectivity index (χ1v) is 7.42. The van der Waals surface area contributed by atoms with E-state index in [1.165, 1.54) is 5.56 Å². The van der Waals surface area contributed by atoms with Crippen molar-refractivity contribution in [2.75, 3.05) is 6.54 Å². The third kappa shape index (κ3) is 3.59. The summed E-state index contributed by atoms with van der Waals surface area (Å²) in [6, 6.07) is 12.4. The first-order valence-electron chi connectivity index (χ1n) is 7.04. The van der Waals surface area contributed by atoms with Crippen LogP contribution in [0, 0.1) is 13.8 Å². The Kier molecular flexibility index (Phi) is 5.16. The molecule has 1 N–H and O–H groups in total.